The number of nitrogens with one attached hydrogen (secondary N) is 1. The van der Waals surface area contributed by atoms with Crippen LogP contribution in [0.2, 0.25) is 0 Å². The highest BCUT2D eigenvalue weighted by Crippen LogP contribution is 2.32. The molecule has 0 bridgehead atoms. The summed E-state index contributed by atoms with van der Waals surface area (Å²) in [5.74, 6) is 0.881. The van der Waals surface area contributed by atoms with Gasteiger partial charge in [-0.3, -0.25) is 0 Å². The highest BCUT2D eigenvalue weighted by atomic mass is 32.2. The van der Waals surface area contributed by atoms with E-state index in [0.717, 1.165) is 17.9 Å². The molecule has 2 heterocycles. The van der Waals surface area contributed by atoms with Crippen molar-refractivity contribution in [3.63, 3.8) is 0 Å². The highest BCUT2D eigenvalue weighted by Gasteiger charge is 2.35. The topological polar surface area (TPSA) is 49.4 Å². The second-order valence-electron chi connectivity index (χ2n) is 5.86. The summed E-state index contributed by atoms with van der Waals surface area (Å²) in [7, 11) is -3.34. The summed E-state index contributed by atoms with van der Waals surface area (Å²) >= 11 is 3.20. The van der Waals surface area contributed by atoms with E-state index in [9.17, 15) is 8.42 Å². The van der Waals surface area contributed by atoms with E-state index in [2.05, 4.69) is 12.2 Å². The molecule has 2 unspecified atom stereocenters. The third-order valence-electron chi connectivity index (χ3n) is 4.19. The second-order valence-corrected chi connectivity index (χ2v) is 10.4. The van der Waals surface area contributed by atoms with Crippen molar-refractivity contribution in [2.45, 2.75) is 54.8 Å². The molecule has 0 aromatic carbocycles. The summed E-state index contributed by atoms with van der Waals surface area (Å²) in [5, 5.41) is 5.75. The molecule has 2 atom stereocenters. The smallest absolute Gasteiger partial charge is 0.252 e. The maximum Gasteiger partial charge on any atom is 0.252 e. The van der Waals surface area contributed by atoms with Gasteiger partial charge in [-0.25, -0.2) is 8.42 Å². The Balaban J connectivity index is 1.74. The van der Waals surface area contributed by atoms with Crippen LogP contribution in [-0.2, 0) is 16.6 Å². The first-order valence-electron chi connectivity index (χ1n) is 7.42. The van der Waals surface area contributed by atoms with Gasteiger partial charge >= 0.3 is 0 Å². The average molecular weight is 347 g/mol. The Morgan fingerprint density at radius 3 is 2.86 bits per heavy atom. The zero-order valence-electron chi connectivity index (χ0n) is 12.4. The van der Waals surface area contributed by atoms with E-state index in [-0.39, 0.29) is 6.04 Å². The van der Waals surface area contributed by atoms with Gasteiger partial charge in [0.2, 0.25) is 0 Å². The fourth-order valence-corrected chi connectivity index (χ4v) is 6.82. The van der Waals surface area contributed by atoms with Gasteiger partial charge in [0.25, 0.3) is 10.0 Å². The summed E-state index contributed by atoms with van der Waals surface area (Å²) < 4.78 is 27.8. The van der Waals surface area contributed by atoms with Crippen molar-refractivity contribution in [3.8, 4) is 0 Å². The molecule has 0 spiro atoms. The predicted molar refractivity (Wildman–Crippen MR) is 89.5 cm³/mol. The number of sulfonamides is 1. The van der Waals surface area contributed by atoms with Crippen LogP contribution in [0.5, 0.6) is 0 Å². The molecule has 1 aromatic heterocycles. The maximum atomic E-state index is 12.8. The molecule has 2 fully saturated rings. The largest absolute Gasteiger partial charge is 0.310 e. The van der Waals surface area contributed by atoms with Crippen molar-refractivity contribution < 1.29 is 8.42 Å². The van der Waals surface area contributed by atoms with E-state index in [0.29, 0.717) is 22.0 Å². The zero-order valence-corrected chi connectivity index (χ0v) is 14.9. The first-order chi connectivity index (χ1) is 9.98. The Kier molecular flexibility index (Phi) is 4.66. The van der Waals surface area contributed by atoms with E-state index < -0.39 is 10.0 Å². The van der Waals surface area contributed by atoms with E-state index in [4.69, 9.17) is 0 Å². The Labute approximate surface area is 135 Å². The first-order valence-corrected chi connectivity index (χ1v) is 10.8. The lowest BCUT2D eigenvalue weighted by Crippen LogP contribution is -2.47. The Morgan fingerprint density at radius 2 is 2.14 bits per heavy atom. The fraction of sp³-hybridized carbons (Fsp3) is 0.714. The molecular formula is C14H22N2O2S3. The summed E-state index contributed by atoms with van der Waals surface area (Å²) in [6.45, 7) is 5.51. The molecule has 1 saturated carbocycles. The van der Waals surface area contributed by atoms with Crippen LogP contribution < -0.4 is 5.32 Å². The van der Waals surface area contributed by atoms with E-state index >= 15 is 0 Å². The van der Waals surface area contributed by atoms with Gasteiger partial charge in [-0.2, -0.15) is 16.1 Å². The number of rotatable bonds is 5. The number of thiophene rings is 1. The van der Waals surface area contributed by atoms with Crippen molar-refractivity contribution in [1.82, 2.24) is 9.62 Å². The minimum Gasteiger partial charge on any atom is -0.310 e. The summed E-state index contributed by atoms with van der Waals surface area (Å²) in [5.41, 5.74) is 1.08. The quantitative estimate of drug-likeness (QED) is 0.890. The van der Waals surface area contributed by atoms with Gasteiger partial charge in [-0.15, -0.1) is 11.3 Å². The summed E-state index contributed by atoms with van der Waals surface area (Å²) in [6.07, 6.45) is 2.49. The Bertz CT molecular complexity index is 595. The Hall–Kier alpha value is -0.0800. The molecule has 7 heteroatoms. The molecule has 1 saturated heterocycles. The molecular weight excluding hydrogens is 324 g/mol. The second kappa shape index (κ2) is 6.20. The van der Waals surface area contributed by atoms with Crippen LogP contribution in [0.1, 0.15) is 32.3 Å². The molecule has 21 heavy (non-hydrogen) atoms. The van der Waals surface area contributed by atoms with Gasteiger partial charge in [0.05, 0.1) is 0 Å². The van der Waals surface area contributed by atoms with Crippen LogP contribution in [-0.4, -0.2) is 42.4 Å². The lowest BCUT2D eigenvalue weighted by Gasteiger charge is -2.35. The monoisotopic (exact) mass is 346 g/mol. The van der Waals surface area contributed by atoms with Crippen LogP contribution in [0.4, 0.5) is 0 Å². The molecule has 2 aliphatic rings. The summed E-state index contributed by atoms with van der Waals surface area (Å²) in [4.78, 5) is 0. The van der Waals surface area contributed by atoms with Crippen molar-refractivity contribution in [2.75, 3.05) is 12.3 Å². The first kappa shape index (κ1) is 15.8. The molecule has 1 aromatic rings. The van der Waals surface area contributed by atoms with Gasteiger partial charge in [-0.1, -0.05) is 6.92 Å². The van der Waals surface area contributed by atoms with Gasteiger partial charge < -0.3 is 5.32 Å². The Morgan fingerprint density at radius 1 is 1.38 bits per heavy atom. The number of nitrogens with zero attached hydrogens (tertiary/aromatic N) is 1. The summed E-state index contributed by atoms with van der Waals surface area (Å²) in [6, 6.07) is 2.54. The van der Waals surface area contributed by atoms with Gasteiger partial charge in [0, 0.05) is 36.2 Å². The predicted octanol–water partition coefficient (Wildman–Crippen LogP) is 2.51. The molecule has 0 amide bonds. The average Bonchev–Trinajstić information content (AvgIpc) is 3.15. The van der Waals surface area contributed by atoms with Crippen LogP contribution in [0.3, 0.4) is 0 Å². The van der Waals surface area contributed by atoms with E-state index in [1.165, 1.54) is 24.2 Å². The van der Waals surface area contributed by atoms with Crippen molar-refractivity contribution in [2.24, 2.45) is 0 Å². The highest BCUT2D eigenvalue weighted by molar-refractivity contribution is 8.00. The lowest BCUT2D eigenvalue weighted by molar-refractivity contribution is 0.341. The van der Waals surface area contributed by atoms with E-state index in [1.807, 2.05) is 30.1 Å². The van der Waals surface area contributed by atoms with Crippen molar-refractivity contribution in [3.05, 3.63) is 17.0 Å². The van der Waals surface area contributed by atoms with Gasteiger partial charge in [-0.05, 0) is 36.8 Å². The molecule has 4 nitrogen and oxygen atoms in total. The van der Waals surface area contributed by atoms with Crippen LogP contribution in [0.25, 0.3) is 0 Å². The maximum absolute atomic E-state index is 12.8. The lowest BCUT2D eigenvalue weighted by atomic mass is 10.2. The third kappa shape index (κ3) is 3.47. The van der Waals surface area contributed by atoms with Crippen LogP contribution >= 0.6 is 23.1 Å². The molecule has 1 N–H and O–H groups in total. The number of thioether (sulfide) groups is 1. The minimum absolute atomic E-state index is 0.0592. The van der Waals surface area contributed by atoms with Gasteiger partial charge in [0.1, 0.15) is 4.21 Å². The molecule has 1 aliphatic heterocycles. The van der Waals surface area contributed by atoms with E-state index in [1.54, 1.807) is 4.31 Å². The van der Waals surface area contributed by atoms with Crippen LogP contribution in [0, 0.1) is 0 Å². The van der Waals surface area contributed by atoms with Crippen molar-refractivity contribution >= 4 is 33.1 Å². The minimum atomic E-state index is -3.34. The standard InChI is InChI=1S/C14H22N2O2S3/c1-10-11(2)19-6-5-16(10)21(17,18)14-7-12(9-20-14)8-15-13-3-4-13/h7,9-11,13,15H,3-6,8H2,1-2H3. The number of hydrogen-bond donors (Lipinski definition) is 1. The molecule has 118 valence electrons. The normalized spacial score (nSPS) is 27.9. The molecule has 0 radical (unpaired) electrons. The third-order valence-corrected chi connectivity index (χ3v) is 8.98. The SMILES string of the molecule is CC1SCCN(S(=O)(=O)c2cc(CNC3CC3)cs2)C1C. The fourth-order valence-electron chi connectivity index (χ4n) is 2.49. The zero-order chi connectivity index (χ0) is 15.0. The molecule has 3 rings (SSSR count). The van der Waals surface area contributed by atoms with Crippen molar-refractivity contribution in [1.29, 1.82) is 0 Å². The van der Waals surface area contributed by atoms with Crippen LogP contribution in [0.15, 0.2) is 15.7 Å². The van der Waals surface area contributed by atoms with Gasteiger partial charge in [0.15, 0.2) is 0 Å². The molecule has 1 aliphatic carbocycles. The number of hydrogen-bond acceptors (Lipinski definition) is 5.